The van der Waals surface area contributed by atoms with E-state index in [1.807, 2.05) is 22.6 Å². The Kier molecular flexibility index (Phi) is 8.52. The molecule has 21 heavy (non-hydrogen) atoms. The molecule has 0 bridgehead atoms. The van der Waals surface area contributed by atoms with Crippen molar-refractivity contribution in [2.45, 2.75) is 0 Å². The standard InChI is InChI=1S/C7H5Cl2IO.C6H3Cl2IO/c1-11-7-3-6(10)4(8)2-5(7)9;7-3-1-4(8)6(10)2-5(3)9/h2-3H,1H3;1-2,10H. The van der Waals surface area contributed by atoms with Gasteiger partial charge in [0.15, 0.2) is 0 Å². The predicted molar refractivity (Wildman–Crippen MR) is 107 cm³/mol. The Bertz CT molecular complexity index is 600. The third kappa shape index (κ3) is 5.99. The van der Waals surface area contributed by atoms with Gasteiger partial charge in [-0.25, -0.2) is 0 Å². The zero-order valence-corrected chi connectivity index (χ0v) is 17.8. The molecule has 2 nitrogen and oxygen atoms in total. The van der Waals surface area contributed by atoms with Gasteiger partial charge in [-0.15, -0.1) is 0 Å². The fourth-order valence-electron chi connectivity index (χ4n) is 1.17. The van der Waals surface area contributed by atoms with Crippen LogP contribution >= 0.6 is 91.6 Å². The fourth-order valence-corrected chi connectivity index (χ4v) is 2.91. The van der Waals surface area contributed by atoms with Crippen molar-refractivity contribution in [1.82, 2.24) is 0 Å². The zero-order chi connectivity index (χ0) is 16.2. The van der Waals surface area contributed by atoms with Crippen LogP contribution in [0.5, 0.6) is 11.5 Å². The number of ether oxygens (including phenoxy) is 1. The van der Waals surface area contributed by atoms with E-state index in [4.69, 9.17) is 56.2 Å². The van der Waals surface area contributed by atoms with Gasteiger partial charge in [0.2, 0.25) is 0 Å². The van der Waals surface area contributed by atoms with Crippen LogP contribution in [0.2, 0.25) is 20.1 Å². The predicted octanol–water partition coefficient (Wildman–Crippen LogP) is 6.91. The summed E-state index contributed by atoms with van der Waals surface area (Å²) in [6.07, 6.45) is 0. The number of phenols is 1. The van der Waals surface area contributed by atoms with Crippen LogP contribution in [0.1, 0.15) is 0 Å². The molecular weight excluding hydrogens is 584 g/mol. The highest BCUT2D eigenvalue weighted by Gasteiger charge is 2.04. The number of benzene rings is 2. The van der Waals surface area contributed by atoms with Gasteiger partial charge in [-0.05, 0) is 69.4 Å². The maximum Gasteiger partial charge on any atom is 0.138 e. The van der Waals surface area contributed by atoms with E-state index in [-0.39, 0.29) is 10.8 Å². The first-order valence-electron chi connectivity index (χ1n) is 5.28. The average Bonchev–Trinajstić information content (AvgIpc) is 2.41. The lowest BCUT2D eigenvalue weighted by Gasteiger charge is -2.03. The van der Waals surface area contributed by atoms with Crippen LogP contribution in [0.4, 0.5) is 0 Å². The molecule has 0 aromatic heterocycles. The second-order valence-corrected chi connectivity index (χ2v) is 7.57. The molecule has 0 aliphatic carbocycles. The first-order valence-corrected chi connectivity index (χ1v) is 8.95. The Morgan fingerprint density at radius 1 is 0.810 bits per heavy atom. The second-order valence-electron chi connectivity index (χ2n) is 3.62. The van der Waals surface area contributed by atoms with Crippen LogP contribution < -0.4 is 4.74 Å². The molecule has 0 spiro atoms. The third-order valence-corrected chi connectivity index (χ3v) is 5.83. The van der Waals surface area contributed by atoms with Gasteiger partial charge in [0.25, 0.3) is 0 Å². The molecule has 0 aliphatic heterocycles. The van der Waals surface area contributed by atoms with E-state index >= 15 is 0 Å². The van der Waals surface area contributed by atoms with Crippen LogP contribution in [0, 0.1) is 7.14 Å². The second kappa shape index (κ2) is 9.08. The minimum atomic E-state index is 0.0652. The summed E-state index contributed by atoms with van der Waals surface area (Å²) >= 11 is 27.0. The van der Waals surface area contributed by atoms with E-state index in [0.717, 1.165) is 7.14 Å². The molecule has 0 radical (unpaired) electrons. The summed E-state index contributed by atoms with van der Waals surface area (Å²) in [5, 5.41) is 11.1. The summed E-state index contributed by atoms with van der Waals surface area (Å²) in [7, 11) is 1.57. The van der Waals surface area contributed by atoms with Gasteiger partial charge in [0.1, 0.15) is 11.5 Å². The molecule has 114 valence electrons. The molecule has 0 atom stereocenters. The summed E-state index contributed by atoms with van der Waals surface area (Å²) in [6.45, 7) is 0. The Balaban J connectivity index is 0.000000211. The molecule has 8 heteroatoms. The van der Waals surface area contributed by atoms with Gasteiger partial charge in [-0.1, -0.05) is 46.4 Å². The number of methoxy groups -OCH3 is 1. The lowest BCUT2D eigenvalue weighted by Crippen LogP contribution is -1.85. The summed E-state index contributed by atoms with van der Waals surface area (Å²) in [6, 6.07) is 6.50. The Labute approximate surface area is 170 Å². The molecule has 0 amide bonds. The lowest BCUT2D eigenvalue weighted by molar-refractivity contribution is 0.414. The largest absolute Gasteiger partial charge is 0.506 e. The van der Waals surface area contributed by atoms with Gasteiger partial charge in [0.05, 0.1) is 27.2 Å². The van der Waals surface area contributed by atoms with Gasteiger partial charge in [-0.3, -0.25) is 0 Å². The first kappa shape index (κ1) is 19.7. The summed E-state index contributed by atoms with van der Waals surface area (Å²) in [5.74, 6) is 0.718. The molecule has 0 aliphatic rings. The van der Waals surface area contributed by atoms with E-state index in [1.165, 1.54) is 12.1 Å². The van der Waals surface area contributed by atoms with Crippen LogP contribution in [0.3, 0.4) is 0 Å². The molecule has 1 N–H and O–H groups in total. The third-order valence-electron chi connectivity index (χ3n) is 2.18. The fraction of sp³-hybridized carbons (Fsp3) is 0.0769. The highest BCUT2D eigenvalue weighted by molar-refractivity contribution is 14.1. The van der Waals surface area contributed by atoms with E-state index in [0.29, 0.717) is 20.8 Å². The number of hydrogen-bond donors (Lipinski definition) is 1. The van der Waals surface area contributed by atoms with Crippen molar-refractivity contribution in [1.29, 1.82) is 0 Å². The zero-order valence-electron chi connectivity index (χ0n) is 10.4. The van der Waals surface area contributed by atoms with Crippen molar-refractivity contribution < 1.29 is 9.84 Å². The molecule has 0 unspecified atom stereocenters. The quantitative estimate of drug-likeness (QED) is 0.289. The average molecular weight is 592 g/mol. The maximum absolute atomic E-state index is 9.03. The Morgan fingerprint density at radius 3 is 1.76 bits per heavy atom. The lowest BCUT2D eigenvalue weighted by atomic mass is 10.3. The molecule has 2 aromatic rings. The van der Waals surface area contributed by atoms with E-state index in [2.05, 4.69) is 22.6 Å². The van der Waals surface area contributed by atoms with Gasteiger partial charge in [0, 0.05) is 7.14 Å². The molecule has 2 rings (SSSR count). The van der Waals surface area contributed by atoms with Crippen molar-refractivity contribution >= 4 is 91.6 Å². The number of phenolic OH excluding ortho intramolecular Hbond substituents is 1. The normalized spacial score (nSPS) is 9.86. The molecule has 0 fully saturated rings. The monoisotopic (exact) mass is 590 g/mol. The van der Waals surface area contributed by atoms with Crippen molar-refractivity contribution in [2.75, 3.05) is 7.11 Å². The van der Waals surface area contributed by atoms with Crippen molar-refractivity contribution in [2.24, 2.45) is 0 Å². The summed E-state index contributed by atoms with van der Waals surface area (Å²) in [4.78, 5) is 0. The maximum atomic E-state index is 9.03. The molecule has 0 heterocycles. The highest BCUT2D eigenvalue weighted by atomic mass is 127. The van der Waals surface area contributed by atoms with Crippen molar-refractivity contribution in [3.63, 3.8) is 0 Å². The Morgan fingerprint density at radius 2 is 1.29 bits per heavy atom. The number of hydrogen-bond acceptors (Lipinski definition) is 2. The number of rotatable bonds is 1. The summed E-state index contributed by atoms with van der Waals surface area (Å²) < 4.78 is 6.71. The number of halogens is 6. The SMILES string of the molecule is COc1cc(I)c(Cl)cc1Cl.Oc1cc(I)c(Cl)cc1Cl. The van der Waals surface area contributed by atoms with Crippen molar-refractivity contribution in [3.05, 3.63) is 51.5 Å². The van der Waals surface area contributed by atoms with Gasteiger partial charge >= 0.3 is 0 Å². The van der Waals surface area contributed by atoms with Crippen LogP contribution in [0.15, 0.2) is 24.3 Å². The number of aromatic hydroxyl groups is 1. The highest BCUT2D eigenvalue weighted by Crippen LogP contribution is 2.31. The van der Waals surface area contributed by atoms with Crippen LogP contribution in [0.25, 0.3) is 0 Å². The van der Waals surface area contributed by atoms with Gasteiger partial charge in [-0.2, -0.15) is 0 Å². The van der Waals surface area contributed by atoms with E-state index in [1.54, 1.807) is 19.2 Å². The smallest absolute Gasteiger partial charge is 0.138 e. The molecule has 0 saturated heterocycles. The minimum Gasteiger partial charge on any atom is -0.506 e. The first-order chi connectivity index (χ1) is 9.76. The van der Waals surface area contributed by atoms with Gasteiger partial charge < -0.3 is 9.84 Å². The van der Waals surface area contributed by atoms with E-state index < -0.39 is 0 Å². The van der Waals surface area contributed by atoms with Crippen molar-refractivity contribution in [3.8, 4) is 11.5 Å². The molecular formula is C13H8Cl4I2O2. The summed E-state index contributed by atoms with van der Waals surface area (Å²) in [5.41, 5.74) is 0. The van der Waals surface area contributed by atoms with E-state index in [9.17, 15) is 0 Å². The molecule has 2 aromatic carbocycles. The minimum absolute atomic E-state index is 0.0652. The topological polar surface area (TPSA) is 29.5 Å². The van der Waals surface area contributed by atoms with Crippen LogP contribution in [-0.2, 0) is 0 Å². The Hall–Kier alpha value is 0.660. The molecule has 0 saturated carbocycles. The van der Waals surface area contributed by atoms with Crippen LogP contribution in [-0.4, -0.2) is 12.2 Å².